The number of aliphatic hydroxyl groups is 1. The maximum atomic E-state index is 11.9. The highest BCUT2D eigenvalue weighted by molar-refractivity contribution is 6.38. The number of fused-ring (bicyclic) bond motifs is 1. The first-order valence-corrected chi connectivity index (χ1v) is 18.1. The summed E-state index contributed by atoms with van der Waals surface area (Å²) in [4.78, 5) is 20.5. The van der Waals surface area contributed by atoms with Crippen molar-refractivity contribution in [1.29, 1.82) is 5.26 Å². The van der Waals surface area contributed by atoms with E-state index in [1.165, 1.54) is 37.1 Å². The number of pyridine rings is 2. The number of nitrogens with zero attached hydrogens (tertiary/aromatic N) is 3. The van der Waals surface area contributed by atoms with Gasteiger partial charge in [0, 0.05) is 45.8 Å². The lowest BCUT2D eigenvalue weighted by Gasteiger charge is -2.22. The van der Waals surface area contributed by atoms with E-state index in [2.05, 4.69) is 34.2 Å². The summed E-state index contributed by atoms with van der Waals surface area (Å²) in [6.45, 7) is 0.975. The Morgan fingerprint density at radius 2 is 1.58 bits per heavy atom. The molecular weight excluding hydrogens is 721 g/mol. The lowest BCUT2D eigenvalue weighted by molar-refractivity contribution is -0.150. The predicted molar refractivity (Wildman–Crippen MR) is 202 cm³/mol. The molecule has 11 heteroatoms. The molecule has 0 spiro atoms. The number of nitriles is 1. The maximum absolute atomic E-state index is 11.9. The maximum Gasteiger partial charge on any atom is 0.311 e. The van der Waals surface area contributed by atoms with Gasteiger partial charge in [0.15, 0.2) is 0 Å². The summed E-state index contributed by atoms with van der Waals surface area (Å²) in [5.74, 6) is -0.874. The Hall–Kier alpha value is -4.65. The number of rotatable bonds is 13. The van der Waals surface area contributed by atoms with Crippen LogP contribution in [0.4, 0.5) is 0 Å². The largest absolute Gasteiger partial charge is 0.481 e. The van der Waals surface area contributed by atoms with Crippen LogP contribution in [0.1, 0.15) is 59.6 Å². The van der Waals surface area contributed by atoms with Gasteiger partial charge in [-0.1, -0.05) is 89.4 Å². The van der Waals surface area contributed by atoms with E-state index in [-0.39, 0.29) is 42.8 Å². The number of carbonyl (C=O) groups is 1. The van der Waals surface area contributed by atoms with Crippen LogP contribution in [-0.2, 0) is 37.3 Å². The second-order valence-electron chi connectivity index (χ2n) is 13.2. The minimum absolute atomic E-state index is 0.0239. The van der Waals surface area contributed by atoms with Crippen LogP contribution in [0.3, 0.4) is 0 Å². The number of ether oxygens (including phenoxy) is 2. The Labute approximate surface area is 317 Å². The quantitative estimate of drug-likeness (QED) is 0.122. The number of aryl methyl sites for hydroxylation is 3. The Balaban J connectivity index is 1.26. The molecule has 2 heterocycles. The molecular formula is C41H36Cl3N3O5. The molecule has 266 valence electrons. The first-order chi connectivity index (χ1) is 25.1. The van der Waals surface area contributed by atoms with Crippen molar-refractivity contribution in [3.05, 3.63) is 128 Å². The molecule has 0 saturated heterocycles. The fourth-order valence-electron chi connectivity index (χ4n) is 6.25. The van der Waals surface area contributed by atoms with E-state index >= 15 is 0 Å². The molecule has 1 aliphatic rings. The summed E-state index contributed by atoms with van der Waals surface area (Å²) in [5.41, 5.74) is 7.18. The Morgan fingerprint density at radius 1 is 0.865 bits per heavy atom. The van der Waals surface area contributed by atoms with Crippen molar-refractivity contribution >= 4 is 40.8 Å². The summed E-state index contributed by atoms with van der Waals surface area (Å²) in [6, 6.07) is 23.5. The molecule has 1 aliphatic carbocycles. The molecule has 2 aromatic heterocycles. The smallest absolute Gasteiger partial charge is 0.311 e. The zero-order valence-electron chi connectivity index (χ0n) is 28.5. The minimum atomic E-state index is -1.38. The van der Waals surface area contributed by atoms with E-state index in [4.69, 9.17) is 44.3 Å². The predicted octanol–water partition coefficient (Wildman–Crippen LogP) is 9.70. The van der Waals surface area contributed by atoms with Crippen LogP contribution in [0.5, 0.6) is 11.8 Å². The van der Waals surface area contributed by atoms with Gasteiger partial charge < -0.3 is 19.7 Å². The number of halogens is 3. The first-order valence-electron chi connectivity index (χ1n) is 16.9. The lowest BCUT2D eigenvalue weighted by Crippen LogP contribution is -2.32. The van der Waals surface area contributed by atoms with Crippen LogP contribution in [0.2, 0.25) is 15.1 Å². The molecule has 0 aliphatic heterocycles. The third-order valence-corrected chi connectivity index (χ3v) is 10.6. The molecule has 0 unspecified atom stereocenters. The molecule has 0 radical (unpaired) electrons. The average molecular weight is 757 g/mol. The van der Waals surface area contributed by atoms with E-state index in [9.17, 15) is 20.3 Å². The van der Waals surface area contributed by atoms with Gasteiger partial charge in [0.05, 0.1) is 27.6 Å². The van der Waals surface area contributed by atoms with Gasteiger partial charge in [0.2, 0.25) is 11.8 Å². The number of aliphatic hydroxyl groups excluding tert-OH is 1. The van der Waals surface area contributed by atoms with Gasteiger partial charge in [0.1, 0.15) is 24.3 Å². The van der Waals surface area contributed by atoms with Crippen molar-refractivity contribution in [2.75, 3.05) is 6.61 Å². The number of carboxylic acid groups (broad SMARTS) is 1. The Morgan fingerprint density at radius 3 is 2.33 bits per heavy atom. The van der Waals surface area contributed by atoms with E-state index in [1.54, 1.807) is 18.3 Å². The van der Waals surface area contributed by atoms with Crippen molar-refractivity contribution in [3.8, 4) is 40.1 Å². The third kappa shape index (κ3) is 8.19. The number of aliphatic carboxylic acids is 1. The number of hydrogen-bond donors (Lipinski definition) is 2. The van der Waals surface area contributed by atoms with E-state index in [0.717, 1.165) is 35.1 Å². The molecule has 8 nitrogen and oxygen atoms in total. The van der Waals surface area contributed by atoms with Gasteiger partial charge >= 0.3 is 5.97 Å². The zero-order chi connectivity index (χ0) is 36.8. The summed E-state index contributed by atoms with van der Waals surface area (Å²) in [5, 5.41) is 30.0. The van der Waals surface area contributed by atoms with Crippen molar-refractivity contribution in [2.24, 2.45) is 5.41 Å². The highest BCUT2D eigenvalue weighted by atomic mass is 35.5. The average Bonchev–Trinajstić information content (AvgIpc) is 3.16. The third-order valence-electron chi connectivity index (χ3n) is 9.49. The highest BCUT2D eigenvalue weighted by Gasteiger charge is 2.32. The monoisotopic (exact) mass is 755 g/mol. The summed E-state index contributed by atoms with van der Waals surface area (Å²) in [6.07, 6.45) is 7.91. The fourth-order valence-corrected chi connectivity index (χ4v) is 7.10. The molecule has 3 aromatic carbocycles. The number of carboxylic acids is 1. The van der Waals surface area contributed by atoms with E-state index in [1.807, 2.05) is 36.4 Å². The lowest BCUT2D eigenvalue weighted by atomic mass is 9.85. The second-order valence-corrected chi connectivity index (χ2v) is 14.3. The van der Waals surface area contributed by atoms with Crippen LogP contribution in [-0.4, -0.2) is 32.8 Å². The Kier molecular flexibility index (Phi) is 11.7. The molecule has 0 bridgehead atoms. The van der Waals surface area contributed by atoms with Gasteiger partial charge in [-0.2, -0.15) is 10.2 Å². The SMILES string of the molecule is C[C@](CO)(CCc1cc(Cl)c(OCc2cccc(-c3cccc(-c4ccc5c(c4)CCCC5)c3Cl)c2Cl)nc1OCc1cncc(C#N)c1)C(=O)O. The summed E-state index contributed by atoms with van der Waals surface area (Å²) < 4.78 is 12.2. The number of aromatic nitrogens is 2. The molecule has 2 N–H and O–H groups in total. The minimum Gasteiger partial charge on any atom is -0.481 e. The second kappa shape index (κ2) is 16.4. The standard InChI is InChI=1S/C41H36Cl3N3O5/c1-41(24-48,40(49)50)15-14-30-18-35(42)39(47-38(30)51-22-26-16-25(19-45)20-46-21-26)52-23-31-8-4-10-33(36(31)43)34-11-5-9-32(37(34)44)29-13-12-27-6-2-3-7-28(27)17-29/h4-5,8-13,16-18,20-21,48H,2-3,6-7,14-15,22-24H2,1H3,(H,49,50)/t41-/m1/s1. The highest BCUT2D eigenvalue weighted by Crippen LogP contribution is 2.41. The van der Waals surface area contributed by atoms with Crippen molar-refractivity contribution in [3.63, 3.8) is 0 Å². The van der Waals surface area contributed by atoms with E-state index < -0.39 is 18.0 Å². The molecule has 5 aromatic rings. The van der Waals surface area contributed by atoms with Crippen LogP contribution >= 0.6 is 34.8 Å². The van der Waals surface area contributed by atoms with E-state index in [0.29, 0.717) is 32.3 Å². The van der Waals surface area contributed by atoms with Crippen LogP contribution in [0.15, 0.2) is 79.1 Å². The van der Waals surface area contributed by atoms with Crippen LogP contribution in [0, 0.1) is 16.7 Å². The zero-order valence-corrected chi connectivity index (χ0v) is 30.7. The van der Waals surface area contributed by atoms with Gasteiger partial charge in [-0.15, -0.1) is 0 Å². The Bertz CT molecular complexity index is 2170. The molecule has 1 atom stereocenters. The molecule has 0 saturated carbocycles. The van der Waals surface area contributed by atoms with Crippen molar-refractivity contribution < 1.29 is 24.5 Å². The van der Waals surface area contributed by atoms with Gasteiger partial charge in [-0.05, 0) is 74.3 Å². The fraction of sp³-hybridized carbons (Fsp3) is 0.268. The molecule has 6 rings (SSSR count). The van der Waals surface area contributed by atoms with Crippen LogP contribution < -0.4 is 9.47 Å². The first kappa shape index (κ1) is 37.1. The summed E-state index contributed by atoms with van der Waals surface area (Å²) in [7, 11) is 0. The van der Waals surface area contributed by atoms with Gasteiger partial charge in [-0.25, -0.2) is 0 Å². The molecule has 0 fully saturated rings. The molecule has 0 amide bonds. The number of hydrogen-bond acceptors (Lipinski definition) is 7. The van der Waals surface area contributed by atoms with Gasteiger partial charge in [-0.3, -0.25) is 9.78 Å². The normalized spacial score (nSPS) is 13.5. The number of benzene rings is 3. The molecule has 52 heavy (non-hydrogen) atoms. The van der Waals surface area contributed by atoms with Crippen molar-refractivity contribution in [2.45, 2.75) is 58.7 Å². The van der Waals surface area contributed by atoms with Crippen molar-refractivity contribution in [1.82, 2.24) is 9.97 Å². The van der Waals surface area contributed by atoms with Crippen LogP contribution in [0.25, 0.3) is 22.3 Å². The van der Waals surface area contributed by atoms with Gasteiger partial charge in [0.25, 0.3) is 0 Å². The topological polar surface area (TPSA) is 126 Å². The summed E-state index contributed by atoms with van der Waals surface area (Å²) >= 11 is 20.8.